The van der Waals surface area contributed by atoms with Gasteiger partial charge in [-0.2, -0.15) is 0 Å². The van der Waals surface area contributed by atoms with Gasteiger partial charge in [0, 0.05) is 0 Å². The molecule has 0 aromatic heterocycles. The van der Waals surface area contributed by atoms with Crippen molar-refractivity contribution in [2.45, 2.75) is 31.3 Å². The fraction of sp³-hybridized carbons (Fsp3) is 0.300. The topological polar surface area (TPSA) is 104 Å². The number of hydrogen-bond donors (Lipinski definition) is 4. The zero-order chi connectivity index (χ0) is 18.5. The van der Waals surface area contributed by atoms with E-state index in [4.69, 9.17) is 5.73 Å². The molecule has 1 unspecified atom stereocenters. The Balaban J connectivity index is 1.74. The summed E-state index contributed by atoms with van der Waals surface area (Å²) in [5.41, 5.74) is 9.65. The maximum absolute atomic E-state index is 12.5. The monoisotopic (exact) mass is 353 g/mol. The summed E-state index contributed by atoms with van der Waals surface area (Å²) in [5.74, 6) is -1.04. The van der Waals surface area contributed by atoms with Crippen molar-refractivity contribution in [1.29, 1.82) is 0 Å². The summed E-state index contributed by atoms with van der Waals surface area (Å²) in [6.45, 7) is 0.508. The highest BCUT2D eigenvalue weighted by Crippen LogP contribution is 2.42. The summed E-state index contributed by atoms with van der Waals surface area (Å²) in [4.78, 5) is 23.8. The quantitative estimate of drug-likeness (QED) is 0.574. The van der Waals surface area contributed by atoms with Crippen LogP contribution in [0.25, 0.3) is 11.1 Å². The van der Waals surface area contributed by atoms with Crippen LogP contribution in [0.1, 0.15) is 36.4 Å². The van der Waals surface area contributed by atoms with Crippen molar-refractivity contribution in [3.63, 3.8) is 0 Å². The highest BCUT2D eigenvalue weighted by molar-refractivity contribution is 5.85. The number of carbonyl (C=O) groups excluding carboxylic acids is 1. The molecule has 0 saturated heterocycles. The number of carbonyl (C=O) groups is 2. The largest absolute Gasteiger partial charge is 0.480 e. The molecule has 26 heavy (non-hydrogen) atoms. The smallest absolute Gasteiger partial charge is 0.326 e. The van der Waals surface area contributed by atoms with E-state index in [2.05, 4.69) is 10.6 Å². The van der Waals surface area contributed by atoms with E-state index < -0.39 is 18.0 Å². The first kappa shape index (κ1) is 17.9. The number of nitrogens with two attached hydrogens (primary N) is 1. The van der Waals surface area contributed by atoms with Gasteiger partial charge in [0.05, 0.1) is 6.04 Å². The zero-order valence-corrected chi connectivity index (χ0v) is 14.4. The number of rotatable bonds is 7. The number of hydrogen-bond acceptors (Lipinski definition) is 3. The highest BCUT2D eigenvalue weighted by atomic mass is 16.4. The van der Waals surface area contributed by atoms with Crippen molar-refractivity contribution in [2.24, 2.45) is 5.73 Å². The third-order valence-corrected chi connectivity index (χ3v) is 4.66. The van der Waals surface area contributed by atoms with Crippen molar-refractivity contribution in [1.82, 2.24) is 10.6 Å². The van der Waals surface area contributed by atoms with E-state index >= 15 is 0 Å². The Morgan fingerprint density at radius 3 is 2.12 bits per heavy atom. The van der Waals surface area contributed by atoms with Gasteiger partial charge in [-0.05, 0) is 48.1 Å². The molecule has 0 aliphatic heterocycles. The van der Waals surface area contributed by atoms with Crippen LogP contribution in [0.4, 0.5) is 4.79 Å². The summed E-state index contributed by atoms with van der Waals surface area (Å²) in [5, 5.41) is 14.8. The van der Waals surface area contributed by atoms with E-state index in [-0.39, 0.29) is 6.04 Å². The van der Waals surface area contributed by atoms with Gasteiger partial charge in [-0.3, -0.25) is 0 Å². The molecule has 3 rings (SSSR count). The Morgan fingerprint density at radius 1 is 1.00 bits per heavy atom. The van der Waals surface area contributed by atoms with E-state index in [1.807, 2.05) is 48.5 Å². The second-order valence-electron chi connectivity index (χ2n) is 6.40. The Morgan fingerprint density at radius 2 is 1.58 bits per heavy atom. The fourth-order valence-corrected chi connectivity index (χ4v) is 3.39. The standard InChI is InChI=1S/C20H23N3O3/c21-12-6-5-11-17(19(24)25)22-20(26)23-18-15-9-3-1-7-13(15)14-8-2-4-10-16(14)18/h1-4,7-10,17-18H,5-6,11-12,21H2,(H,24,25)(H2,22,23,26). The number of amides is 2. The molecular weight excluding hydrogens is 330 g/mol. The first-order chi connectivity index (χ1) is 12.6. The number of carboxylic acids is 1. The fourth-order valence-electron chi connectivity index (χ4n) is 3.39. The molecule has 1 aliphatic rings. The summed E-state index contributed by atoms with van der Waals surface area (Å²) in [6.07, 6.45) is 1.75. The van der Waals surface area contributed by atoms with Crippen LogP contribution in [-0.4, -0.2) is 29.7 Å². The van der Waals surface area contributed by atoms with E-state index in [0.717, 1.165) is 28.7 Å². The first-order valence-electron chi connectivity index (χ1n) is 8.80. The van der Waals surface area contributed by atoms with Gasteiger partial charge in [0.1, 0.15) is 6.04 Å². The van der Waals surface area contributed by atoms with Gasteiger partial charge in [-0.25, -0.2) is 9.59 Å². The molecule has 6 nitrogen and oxygen atoms in total. The lowest BCUT2D eigenvalue weighted by molar-refractivity contribution is -0.139. The predicted octanol–water partition coefficient (Wildman–Crippen LogP) is 2.64. The van der Waals surface area contributed by atoms with Gasteiger partial charge in [0.2, 0.25) is 0 Å². The zero-order valence-electron chi connectivity index (χ0n) is 14.4. The first-order valence-corrected chi connectivity index (χ1v) is 8.80. The number of benzene rings is 2. The Labute approximate surface area is 152 Å². The summed E-state index contributed by atoms with van der Waals surface area (Å²) in [7, 11) is 0. The van der Waals surface area contributed by atoms with Gasteiger partial charge < -0.3 is 21.5 Å². The number of nitrogens with one attached hydrogen (secondary N) is 2. The minimum Gasteiger partial charge on any atom is -0.480 e. The van der Waals surface area contributed by atoms with Crippen molar-refractivity contribution >= 4 is 12.0 Å². The Kier molecular flexibility index (Phi) is 5.53. The van der Waals surface area contributed by atoms with Gasteiger partial charge >= 0.3 is 12.0 Å². The number of fused-ring (bicyclic) bond motifs is 3. The van der Waals surface area contributed by atoms with Crippen molar-refractivity contribution in [3.05, 3.63) is 59.7 Å². The molecule has 6 heteroatoms. The van der Waals surface area contributed by atoms with Gasteiger partial charge in [0.15, 0.2) is 0 Å². The summed E-state index contributed by atoms with van der Waals surface area (Å²) >= 11 is 0. The molecule has 5 N–H and O–H groups in total. The average Bonchev–Trinajstić information content (AvgIpc) is 2.95. The summed E-state index contributed by atoms with van der Waals surface area (Å²) in [6, 6.07) is 14.1. The molecular formula is C20H23N3O3. The van der Waals surface area contributed by atoms with Crippen molar-refractivity contribution in [3.8, 4) is 11.1 Å². The number of carboxylic acid groups (broad SMARTS) is 1. The molecule has 0 radical (unpaired) electrons. The molecule has 1 atom stereocenters. The lowest BCUT2D eigenvalue weighted by atomic mass is 10.1. The van der Waals surface area contributed by atoms with E-state index in [1.165, 1.54) is 0 Å². The molecule has 2 amide bonds. The number of unbranched alkanes of at least 4 members (excludes halogenated alkanes) is 1. The van der Waals surface area contributed by atoms with Crippen molar-refractivity contribution in [2.75, 3.05) is 6.54 Å². The van der Waals surface area contributed by atoms with Gasteiger partial charge in [0.25, 0.3) is 0 Å². The van der Waals surface area contributed by atoms with Crippen LogP contribution in [0.5, 0.6) is 0 Å². The minimum atomic E-state index is -1.04. The van der Waals surface area contributed by atoms with Crippen LogP contribution in [-0.2, 0) is 4.79 Å². The highest BCUT2D eigenvalue weighted by Gasteiger charge is 2.30. The Bertz CT molecular complexity index is 761. The second-order valence-corrected chi connectivity index (χ2v) is 6.40. The van der Waals surface area contributed by atoms with E-state index in [9.17, 15) is 14.7 Å². The molecule has 0 saturated carbocycles. The van der Waals surface area contributed by atoms with Gasteiger partial charge in [-0.15, -0.1) is 0 Å². The molecule has 136 valence electrons. The molecule has 0 heterocycles. The van der Waals surface area contributed by atoms with Crippen LogP contribution in [0.2, 0.25) is 0 Å². The minimum absolute atomic E-state index is 0.291. The van der Waals surface area contributed by atoms with E-state index in [1.54, 1.807) is 0 Å². The molecule has 0 bridgehead atoms. The maximum atomic E-state index is 12.5. The van der Waals surface area contributed by atoms with Crippen LogP contribution < -0.4 is 16.4 Å². The third-order valence-electron chi connectivity index (χ3n) is 4.66. The van der Waals surface area contributed by atoms with Crippen LogP contribution in [0.15, 0.2) is 48.5 Å². The lowest BCUT2D eigenvalue weighted by Crippen LogP contribution is -2.46. The van der Waals surface area contributed by atoms with Crippen LogP contribution in [0.3, 0.4) is 0 Å². The molecule has 0 fully saturated rings. The summed E-state index contributed by atoms with van der Waals surface area (Å²) < 4.78 is 0. The van der Waals surface area contributed by atoms with Crippen LogP contribution >= 0.6 is 0 Å². The van der Waals surface area contributed by atoms with E-state index in [0.29, 0.717) is 19.4 Å². The van der Waals surface area contributed by atoms with Crippen molar-refractivity contribution < 1.29 is 14.7 Å². The lowest BCUT2D eigenvalue weighted by Gasteiger charge is -2.19. The van der Waals surface area contributed by atoms with Crippen LogP contribution in [0, 0.1) is 0 Å². The number of aliphatic carboxylic acids is 1. The Hall–Kier alpha value is -2.86. The van der Waals surface area contributed by atoms with Gasteiger partial charge in [-0.1, -0.05) is 48.5 Å². The normalized spacial score (nSPS) is 13.6. The molecule has 2 aromatic carbocycles. The molecule has 0 spiro atoms. The SMILES string of the molecule is NCCCCC(NC(=O)NC1c2ccccc2-c2ccccc21)C(=O)O. The predicted molar refractivity (Wildman–Crippen MR) is 99.7 cm³/mol. The second kappa shape index (κ2) is 8.01. The number of urea groups is 1. The maximum Gasteiger partial charge on any atom is 0.326 e. The molecule has 1 aliphatic carbocycles. The third kappa shape index (κ3) is 3.70. The average molecular weight is 353 g/mol. The molecule has 2 aromatic rings.